The number of esters is 1. The van der Waals surface area contributed by atoms with Crippen LogP contribution in [0.15, 0.2) is 31.0 Å². The van der Waals surface area contributed by atoms with Crippen LogP contribution >= 0.6 is 11.6 Å². The predicted molar refractivity (Wildman–Crippen MR) is 101 cm³/mol. The molecule has 1 amide bonds. The average molecular weight is 397 g/mol. The van der Waals surface area contributed by atoms with Crippen LogP contribution in [0.1, 0.15) is 27.2 Å². The molecule has 0 aromatic carbocycles. The maximum Gasteiger partial charge on any atom is 0.366 e. The largest absolute Gasteiger partial charge is 0.460 e. The maximum atomic E-state index is 12.9. The van der Waals surface area contributed by atoms with Gasteiger partial charge in [0.2, 0.25) is 5.91 Å². The molecule has 0 unspecified atom stereocenters. The Morgan fingerprint density at radius 2 is 2.19 bits per heavy atom. The number of aromatic amines is 1. The number of halogens is 1. The molecule has 1 saturated heterocycles. The summed E-state index contributed by atoms with van der Waals surface area (Å²) in [7, 11) is 0. The number of likely N-dealkylation sites (tertiary alicyclic amines) is 1. The van der Waals surface area contributed by atoms with Crippen LogP contribution < -0.4 is 15.5 Å². The molecule has 1 aliphatic heterocycles. The van der Waals surface area contributed by atoms with Gasteiger partial charge in [0.1, 0.15) is 23.8 Å². The lowest BCUT2D eigenvalue weighted by atomic mass is 9.86. The first kappa shape index (κ1) is 21.2. The van der Waals surface area contributed by atoms with E-state index in [-0.39, 0.29) is 25.2 Å². The molecule has 0 radical (unpaired) electrons. The van der Waals surface area contributed by atoms with E-state index in [0.29, 0.717) is 17.3 Å². The van der Waals surface area contributed by atoms with E-state index in [9.17, 15) is 9.59 Å². The first-order valence-electron chi connectivity index (χ1n) is 8.81. The molecule has 0 spiro atoms. The fraction of sp³-hybridized carbons (Fsp3) is 0.526. The third kappa shape index (κ3) is 5.43. The van der Waals surface area contributed by atoms with Gasteiger partial charge in [-0.05, 0) is 11.5 Å². The Morgan fingerprint density at radius 3 is 2.74 bits per heavy atom. The van der Waals surface area contributed by atoms with Crippen LogP contribution in [0.2, 0.25) is 5.02 Å². The number of nitrogens with one attached hydrogen (secondary N) is 1. The summed E-state index contributed by atoms with van der Waals surface area (Å²) in [4.78, 5) is 29.7. The fourth-order valence-electron chi connectivity index (χ4n) is 2.78. The number of hydrogen-bond acceptors (Lipinski definition) is 5. The van der Waals surface area contributed by atoms with Gasteiger partial charge in [0.15, 0.2) is 6.20 Å². The zero-order valence-corrected chi connectivity index (χ0v) is 16.7. The van der Waals surface area contributed by atoms with Gasteiger partial charge < -0.3 is 20.1 Å². The number of amides is 1. The number of nitrogens with two attached hydrogens (primary N) is 1. The van der Waals surface area contributed by atoms with Crippen molar-refractivity contribution in [3.05, 3.63) is 36.0 Å². The molecule has 0 aliphatic carbocycles. The Bertz CT molecular complexity index is 687. The summed E-state index contributed by atoms with van der Waals surface area (Å²) in [6.07, 6.45) is 3.02. The number of ether oxygens (including phenoxy) is 2. The molecule has 0 saturated carbocycles. The Kier molecular flexibility index (Phi) is 6.84. The highest BCUT2D eigenvalue weighted by Gasteiger charge is 2.45. The molecule has 148 valence electrons. The summed E-state index contributed by atoms with van der Waals surface area (Å²) in [6.45, 7) is 9.51. The first-order chi connectivity index (χ1) is 12.6. The molecule has 1 fully saturated rings. The van der Waals surface area contributed by atoms with Crippen LogP contribution in [-0.4, -0.2) is 48.1 Å². The van der Waals surface area contributed by atoms with Crippen molar-refractivity contribution in [2.75, 3.05) is 13.2 Å². The van der Waals surface area contributed by atoms with E-state index in [2.05, 4.69) is 11.6 Å². The number of carbonyl (C=O) groups is 2. The Morgan fingerprint density at radius 1 is 1.48 bits per heavy atom. The van der Waals surface area contributed by atoms with Crippen LogP contribution in [0.25, 0.3) is 0 Å². The van der Waals surface area contributed by atoms with Gasteiger partial charge in [-0.1, -0.05) is 45.0 Å². The maximum absolute atomic E-state index is 12.9. The van der Waals surface area contributed by atoms with Crippen LogP contribution in [0, 0.1) is 5.41 Å². The summed E-state index contributed by atoms with van der Waals surface area (Å²) in [5, 5.41) is 0.549. The molecular formula is C19H27ClN3O4+. The number of pyridine rings is 1. The Labute approximate surface area is 164 Å². The van der Waals surface area contributed by atoms with Crippen LogP contribution in [-0.2, 0) is 14.3 Å². The van der Waals surface area contributed by atoms with Gasteiger partial charge in [0, 0.05) is 6.42 Å². The van der Waals surface area contributed by atoms with E-state index < -0.39 is 23.5 Å². The van der Waals surface area contributed by atoms with Crippen molar-refractivity contribution in [1.29, 1.82) is 0 Å². The lowest BCUT2D eigenvalue weighted by molar-refractivity contribution is -0.396. The van der Waals surface area contributed by atoms with Gasteiger partial charge in [0.05, 0.1) is 18.7 Å². The van der Waals surface area contributed by atoms with Gasteiger partial charge in [-0.2, -0.15) is 4.98 Å². The second-order valence-electron chi connectivity index (χ2n) is 7.62. The molecule has 7 nitrogen and oxygen atoms in total. The van der Waals surface area contributed by atoms with Crippen LogP contribution in [0.3, 0.4) is 0 Å². The second kappa shape index (κ2) is 8.71. The molecule has 1 aromatic rings. The summed E-state index contributed by atoms with van der Waals surface area (Å²) in [5.41, 5.74) is 5.70. The van der Waals surface area contributed by atoms with Crippen molar-refractivity contribution in [2.24, 2.45) is 11.1 Å². The van der Waals surface area contributed by atoms with Crippen molar-refractivity contribution in [3.8, 4) is 5.88 Å². The lowest BCUT2D eigenvalue weighted by Crippen LogP contribution is -2.53. The highest BCUT2D eigenvalue weighted by Crippen LogP contribution is 2.27. The van der Waals surface area contributed by atoms with Gasteiger partial charge in [-0.25, -0.2) is 4.79 Å². The molecule has 8 heteroatoms. The van der Waals surface area contributed by atoms with Crippen molar-refractivity contribution < 1.29 is 24.0 Å². The van der Waals surface area contributed by atoms with Crippen molar-refractivity contribution in [2.45, 2.75) is 45.4 Å². The molecular weight excluding hydrogens is 370 g/mol. The SMILES string of the molecule is C=CCOC(=O)[C@@H]1C[C@@H](Oc2ccc(Cl)c[nH+]2)CN1C(=O)[C@@H](N)C(C)(C)C. The van der Waals surface area contributed by atoms with E-state index >= 15 is 0 Å². The molecule has 2 rings (SSSR count). The van der Waals surface area contributed by atoms with E-state index in [0.717, 1.165) is 0 Å². The normalized spacial score (nSPS) is 20.9. The monoisotopic (exact) mass is 396 g/mol. The van der Waals surface area contributed by atoms with Crippen molar-refractivity contribution >= 4 is 23.5 Å². The van der Waals surface area contributed by atoms with E-state index in [1.807, 2.05) is 20.8 Å². The molecule has 1 aromatic heterocycles. The minimum atomic E-state index is -0.747. The molecule has 2 heterocycles. The summed E-state index contributed by atoms with van der Waals surface area (Å²) < 4.78 is 11.0. The van der Waals surface area contributed by atoms with Crippen molar-refractivity contribution in [1.82, 2.24) is 4.90 Å². The standard InChI is InChI=1S/C19H26ClN3O4/c1-5-8-26-18(25)14-9-13(27-15-7-6-12(20)10-22-15)11-23(14)17(24)16(21)19(2,3)4/h5-7,10,13-14,16H,1,8-9,11,21H2,2-4H3/p+1/t13-,14+,16-/m1/s1. The first-order valence-corrected chi connectivity index (χ1v) is 9.18. The summed E-state index contributed by atoms with van der Waals surface area (Å²) in [6, 6.07) is 1.89. The predicted octanol–water partition coefficient (Wildman–Crippen LogP) is 1.60. The number of nitrogens with zero attached hydrogens (tertiary/aromatic N) is 1. The third-order valence-electron chi connectivity index (χ3n) is 4.40. The number of aromatic nitrogens is 1. The van der Waals surface area contributed by atoms with Gasteiger partial charge in [-0.15, -0.1) is 0 Å². The van der Waals surface area contributed by atoms with E-state index in [1.165, 1.54) is 11.0 Å². The summed E-state index contributed by atoms with van der Waals surface area (Å²) >= 11 is 5.86. The lowest BCUT2D eigenvalue weighted by Gasteiger charge is -2.32. The molecule has 0 bridgehead atoms. The van der Waals surface area contributed by atoms with E-state index in [1.54, 1.807) is 18.3 Å². The minimum Gasteiger partial charge on any atom is -0.460 e. The van der Waals surface area contributed by atoms with Crippen molar-refractivity contribution in [3.63, 3.8) is 0 Å². The van der Waals surface area contributed by atoms with Gasteiger partial charge >= 0.3 is 11.8 Å². The molecule has 3 atom stereocenters. The topological polar surface area (TPSA) is 96.0 Å². The molecule has 1 aliphatic rings. The van der Waals surface area contributed by atoms with Crippen LogP contribution in [0.5, 0.6) is 5.88 Å². The highest BCUT2D eigenvalue weighted by molar-refractivity contribution is 6.30. The Hall–Kier alpha value is -2.12. The fourth-order valence-corrected chi connectivity index (χ4v) is 2.90. The zero-order chi connectivity index (χ0) is 20.2. The number of carbonyl (C=O) groups excluding carboxylic acids is 2. The van der Waals surface area contributed by atoms with E-state index in [4.69, 9.17) is 26.8 Å². The molecule has 27 heavy (non-hydrogen) atoms. The zero-order valence-electron chi connectivity index (χ0n) is 15.9. The minimum absolute atomic E-state index is 0.0825. The van der Waals surface area contributed by atoms with Crippen LogP contribution in [0.4, 0.5) is 0 Å². The van der Waals surface area contributed by atoms with Gasteiger partial charge in [-0.3, -0.25) is 4.79 Å². The summed E-state index contributed by atoms with van der Waals surface area (Å²) in [5.74, 6) is -0.290. The Balaban J connectivity index is 2.17. The quantitative estimate of drug-likeness (QED) is 0.582. The highest BCUT2D eigenvalue weighted by atomic mass is 35.5. The number of H-pyrrole nitrogens is 1. The number of rotatable bonds is 6. The average Bonchev–Trinajstić information content (AvgIpc) is 3.03. The smallest absolute Gasteiger partial charge is 0.366 e. The third-order valence-corrected chi connectivity index (χ3v) is 4.64. The molecule has 3 N–H and O–H groups in total. The number of hydrogen-bond donors (Lipinski definition) is 1. The second-order valence-corrected chi connectivity index (χ2v) is 8.05. The van der Waals surface area contributed by atoms with Gasteiger partial charge in [0.25, 0.3) is 0 Å².